The van der Waals surface area contributed by atoms with Crippen molar-refractivity contribution in [3.05, 3.63) is 40.2 Å². The zero-order valence-electron chi connectivity index (χ0n) is 13.0. The third-order valence-electron chi connectivity index (χ3n) is 3.80. The van der Waals surface area contributed by atoms with Crippen LogP contribution in [0.1, 0.15) is 41.4 Å². The number of hydrogen-bond acceptors (Lipinski definition) is 3. The molecule has 2 rings (SSSR count). The fraction of sp³-hybridized carbons (Fsp3) is 0.412. The lowest BCUT2D eigenvalue weighted by Crippen LogP contribution is -2.05. The molecule has 0 radical (unpaired) electrons. The van der Waals surface area contributed by atoms with Gasteiger partial charge in [-0.3, -0.25) is 0 Å². The molecular formula is C17H23N3. The molecule has 0 saturated carbocycles. The number of aryl methyl sites for hydroxylation is 4. The largest absolute Gasteiger partial charge is 0.383 e. The van der Waals surface area contributed by atoms with Gasteiger partial charge >= 0.3 is 0 Å². The fourth-order valence-electron chi connectivity index (χ4n) is 2.40. The molecule has 1 heterocycles. The van der Waals surface area contributed by atoms with Crippen LogP contribution in [0.25, 0.3) is 11.3 Å². The topological polar surface area (TPSA) is 51.8 Å². The standard InChI is InChI=1S/C17H23N3/c1-6-7-15-19-16(13(5)17(18)20-15)14-9-11(3)10(2)8-12(14)4/h8-9H,6-7H2,1-5H3,(H2,18,19,20). The lowest BCUT2D eigenvalue weighted by molar-refractivity contribution is 0.836. The molecule has 106 valence electrons. The summed E-state index contributed by atoms with van der Waals surface area (Å²) in [4.78, 5) is 9.12. The van der Waals surface area contributed by atoms with Gasteiger partial charge in [0.1, 0.15) is 11.6 Å². The van der Waals surface area contributed by atoms with Crippen LogP contribution in [0.5, 0.6) is 0 Å². The minimum Gasteiger partial charge on any atom is -0.383 e. The molecule has 0 saturated heterocycles. The zero-order valence-corrected chi connectivity index (χ0v) is 13.0. The van der Waals surface area contributed by atoms with Crippen LogP contribution in [0.2, 0.25) is 0 Å². The van der Waals surface area contributed by atoms with Crippen molar-refractivity contribution in [1.82, 2.24) is 9.97 Å². The Morgan fingerprint density at radius 3 is 2.25 bits per heavy atom. The van der Waals surface area contributed by atoms with E-state index in [4.69, 9.17) is 10.7 Å². The highest BCUT2D eigenvalue weighted by Crippen LogP contribution is 2.29. The van der Waals surface area contributed by atoms with Crippen molar-refractivity contribution in [1.29, 1.82) is 0 Å². The number of nitrogens with two attached hydrogens (primary N) is 1. The molecule has 0 bridgehead atoms. The number of hydrogen-bond donors (Lipinski definition) is 1. The molecule has 20 heavy (non-hydrogen) atoms. The summed E-state index contributed by atoms with van der Waals surface area (Å²) in [6, 6.07) is 4.41. The second kappa shape index (κ2) is 5.61. The summed E-state index contributed by atoms with van der Waals surface area (Å²) in [6.07, 6.45) is 1.88. The Kier molecular flexibility index (Phi) is 4.07. The molecular weight excluding hydrogens is 246 g/mol. The summed E-state index contributed by atoms with van der Waals surface area (Å²) in [5, 5.41) is 0. The van der Waals surface area contributed by atoms with Crippen molar-refractivity contribution in [3.63, 3.8) is 0 Å². The van der Waals surface area contributed by atoms with Gasteiger partial charge in [-0.05, 0) is 56.9 Å². The highest BCUT2D eigenvalue weighted by molar-refractivity contribution is 5.71. The molecule has 0 unspecified atom stereocenters. The summed E-state index contributed by atoms with van der Waals surface area (Å²) in [7, 11) is 0. The third-order valence-corrected chi connectivity index (χ3v) is 3.80. The highest BCUT2D eigenvalue weighted by atomic mass is 15.0. The lowest BCUT2D eigenvalue weighted by Gasteiger charge is -2.14. The van der Waals surface area contributed by atoms with E-state index in [1.807, 2.05) is 6.92 Å². The monoisotopic (exact) mass is 269 g/mol. The summed E-state index contributed by atoms with van der Waals surface area (Å²) in [5.41, 5.74) is 13.0. The maximum absolute atomic E-state index is 6.06. The van der Waals surface area contributed by atoms with Gasteiger partial charge in [-0.1, -0.05) is 13.0 Å². The average Bonchev–Trinajstić information content (AvgIpc) is 2.38. The second-order valence-electron chi connectivity index (χ2n) is 5.50. The normalized spacial score (nSPS) is 10.8. The number of nitrogens with zero attached hydrogens (tertiary/aromatic N) is 2. The van der Waals surface area contributed by atoms with Gasteiger partial charge in [0, 0.05) is 17.5 Å². The average molecular weight is 269 g/mol. The first-order valence-electron chi connectivity index (χ1n) is 7.15. The van der Waals surface area contributed by atoms with Crippen LogP contribution in [0.4, 0.5) is 5.82 Å². The van der Waals surface area contributed by atoms with Crippen molar-refractivity contribution >= 4 is 5.82 Å². The maximum atomic E-state index is 6.06. The summed E-state index contributed by atoms with van der Waals surface area (Å²) in [5.74, 6) is 1.43. The van der Waals surface area contributed by atoms with Crippen LogP contribution in [0, 0.1) is 27.7 Å². The van der Waals surface area contributed by atoms with Crippen LogP contribution >= 0.6 is 0 Å². The first-order valence-corrected chi connectivity index (χ1v) is 7.15. The molecule has 3 nitrogen and oxygen atoms in total. The Hall–Kier alpha value is -1.90. The first-order chi connectivity index (χ1) is 9.43. The Labute approximate surface area is 121 Å². The minimum atomic E-state index is 0.594. The Balaban J connectivity index is 2.65. The molecule has 0 aliphatic rings. The van der Waals surface area contributed by atoms with Gasteiger partial charge in [0.25, 0.3) is 0 Å². The summed E-state index contributed by atoms with van der Waals surface area (Å²) < 4.78 is 0. The Morgan fingerprint density at radius 2 is 1.60 bits per heavy atom. The van der Waals surface area contributed by atoms with E-state index in [9.17, 15) is 0 Å². The van der Waals surface area contributed by atoms with E-state index in [1.165, 1.54) is 16.7 Å². The third kappa shape index (κ3) is 2.67. The van der Waals surface area contributed by atoms with E-state index >= 15 is 0 Å². The van der Waals surface area contributed by atoms with Crippen LogP contribution < -0.4 is 5.73 Å². The van der Waals surface area contributed by atoms with E-state index in [2.05, 4.69) is 44.8 Å². The molecule has 3 heteroatoms. The van der Waals surface area contributed by atoms with Gasteiger partial charge in [-0.2, -0.15) is 0 Å². The van der Waals surface area contributed by atoms with E-state index in [1.54, 1.807) is 0 Å². The maximum Gasteiger partial charge on any atom is 0.131 e. The molecule has 0 fully saturated rings. The summed E-state index contributed by atoms with van der Waals surface area (Å²) >= 11 is 0. The molecule has 2 aromatic rings. The van der Waals surface area contributed by atoms with Gasteiger partial charge in [0.2, 0.25) is 0 Å². The number of rotatable bonds is 3. The lowest BCUT2D eigenvalue weighted by atomic mass is 9.96. The van der Waals surface area contributed by atoms with E-state index < -0.39 is 0 Å². The molecule has 0 aliphatic heterocycles. The smallest absolute Gasteiger partial charge is 0.131 e. The predicted molar refractivity (Wildman–Crippen MR) is 84.8 cm³/mol. The molecule has 0 aliphatic carbocycles. The van der Waals surface area contributed by atoms with Crippen LogP contribution in [-0.2, 0) is 6.42 Å². The molecule has 0 spiro atoms. The Morgan fingerprint density at radius 1 is 0.950 bits per heavy atom. The summed E-state index contributed by atoms with van der Waals surface area (Å²) in [6.45, 7) is 10.5. The van der Waals surface area contributed by atoms with Crippen molar-refractivity contribution in [2.45, 2.75) is 47.5 Å². The second-order valence-corrected chi connectivity index (χ2v) is 5.50. The molecule has 2 N–H and O–H groups in total. The van der Waals surface area contributed by atoms with Crippen LogP contribution in [-0.4, -0.2) is 9.97 Å². The van der Waals surface area contributed by atoms with E-state index in [0.717, 1.165) is 35.5 Å². The van der Waals surface area contributed by atoms with Gasteiger partial charge in [0.05, 0.1) is 5.69 Å². The van der Waals surface area contributed by atoms with Gasteiger partial charge in [-0.15, -0.1) is 0 Å². The molecule has 1 aromatic carbocycles. The van der Waals surface area contributed by atoms with Crippen molar-refractivity contribution in [2.75, 3.05) is 5.73 Å². The molecule has 1 aromatic heterocycles. The van der Waals surface area contributed by atoms with Crippen LogP contribution in [0.15, 0.2) is 12.1 Å². The SMILES string of the molecule is CCCc1nc(N)c(C)c(-c2cc(C)c(C)cc2C)n1. The van der Waals surface area contributed by atoms with Crippen molar-refractivity contribution in [2.24, 2.45) is 0 Å². The van der Waals surface area contributed by atoms with Gasteiger partial charge < -0.3 is 5.73 Å². The van der Waals surface area contributed by atoms with E-state index in [-0.39, 0.29) is 0 Å². The number of anilines is 1. The molecule has 0 atom stereocenters. The number of aromatic nitrogens is 2. The Bertz CT molecular complexity index is 645. The molecule has 0 amide bonds. The predicted octanol–water partition coefficient (Wildman–Crippen LogP) is 3.91. The van der Waals surface area contributed by atoms with Crippen molar-refractivity contribution < 1.29 is 0 Å². The number of benzene rings is 1. The van der Waals surface area contributed by atoms with Gasteiger partial charge in [-0.25, -0.2) is 9.97 Å². The zero-order chi connectivity index (χ0) is 14.9. The quantitative estimate of drug-likeness (QED) is 0.919. The highest BCUT2D eigenvalue weighted by Gasteiger charge is 2.13. The van der Waals surface area contributed by atoms with E-state index in [0.29, 0.717) is 5.82 Å². The van der Waals surface area contributed by atoms with Crippen molar-refractivity contribution in [3.8, 4) is 11.3 Å². The fourth-order valence-corrected chi connectivity index (χ4v) is 2.40. The van der Waals surface area contributed by atoms with Crippen LogP contribution in [0.3, 0.4) is 0 Å². The minimum absolute atomic E-state index is 0.594. The number of nitrogen functional groups attached to an aromatic ring is 1. The van der Waals surface area contributed by atoms with Gasteiger partial charge in [0.15, 0.2) is 0 Å². The first kappa shape index (κ1) is 14.5.